The Morgan fingerprint density at radius 2 is 2.00 bits per heavy atom. The molecule has 1 aromatic carbocycles. The number of rotatable bonds is 8. The Bertz CT molecular complexity index is 440. The molecule has 0 spiro atoms. The van der Waals surface area contributed by atoms with Crippen LogP contribution in [0.15, 0.2) is 29.4 Å². The number of azide groups is 1. The quantitative estimate of drug-likeness (QED) is 0.322. The lowest BCUT2D eigenvalue weighted by atomic mass is 10.2. The van der Waals surface area contributed by atoms with E-state index in [0.29, 0.717) is 31.0 Å². The molecule has 19 heavy (non-hydrogen) atoms. The second-order valence-corrected chi connectivity index (χ2v) is 3.71. The van der Waals surface area contributed by atoms with Crippen LogP contribution in [0.3, 0.4) is 0 Å². The molecule has 1 amide bonds. The van der Waals surface area contributed by atoms with E-state index in [1.807, 2.05) is 7.05 Å². The van der Waals surface area contributed by atoms with Crippen LogP contribution in [0.4, 0.5) is 5.69 Å². The first-order chi connectivity index (χ1) is 9.27. The lowest BCUT2D eigenvalue weighted by molar-refractivity contribution is 0.0917. The maximum atomic E-state index is 11.7. The number of amides is 1. The number of ether oxygens (including phenoxy) is 1. The lowest BCUT2D eigenvalue weighted by Gasteiger charge is -2.06. The summed E-state index contributed by atoms with van der Waals surface area (Å²) in [6.07, 6.45) is 0. The summed E-state index contributed by atoms with van der Waals surface area (Å²) >= 11 is 0. The first kappa shape index (κ1) is 15.0. The first-order valence-electron chi connectivity index (χ1n) is 5.93. The maximum Gasteiger partial charge on any atom is 0.251 e. The average Bonchev–Trinajstić information content (AvgIpc) is 2.43. The van der Waals surface area contributed by atoms with E-state index in [0.717, 1.165) is 6.54 Å². The third-order valence-electron chi connectivity index (χ3n) is 2.32. The SMILES string of the molecule is CNCCOCCNC(=O)c1ccc(N=[N+]=[N-])cc1. The molecule has 0 unspecified atom stereocenters. The monoisotopic (exact) mass is 263 g/mol. The zero-order valence-corrected chi connectivity index (χ0v) is 10.8. The van der Waals surface area contributed by atoms with Crippen molar-refractivity contribution in [1.29, 1.82) is 0 Å². The fourth-order valence-electron chi connectivity index (χ4n) is 1.35. The van der Waals surface area contributed by atoms with Crippen LogP contribution in [0.1, 0.15) is 10.4 Å². The maximum absolute atomic E-state index is 11.7. The minimum atomic E-state index is -0.176. The van der Waals surface area contributed by atoms with Crippen LogP contribution < -0.4 is 10.6 Å². The molecule has 102 valence electrons. The normalized spacial score (nSPS) is 9.74. The smallest absolute Gasteiger partial charge is 0.251 e. The molecular formula is C12H17N5O2. The molecule has 0 bridgehead atoms. The number of nitrogens with one attached hydrogen (secondary N) is 2. The third-order valence-corrected chi connectivity index (χ3v) is 2.32. The van der Waals surface area contributed by atoms with E-state index in [9.17, 15) is 4.79 Å². The van der Waals surface area contributed by atoms with Gasteiger partial charge in [0.2, 0.25) is 0 Å². The van der Waals surface area contributed by atoms with Crippen LogP contribution in [-0.2, 0) is 4.74 Å². The largest absolute Gasteiger partial charge is 0.378 e. The van der Waals surface area contributed by atoms with Gasteiger partial charge in [0.05, 0.1) is 13.2 Å². The number of hydrogen-bond donors (Lipinski definition) is 2. The minimum Gasteiger partial charge on any atom is -0.378 e. The number of hydrogen-bond acceptors (Lipinski definition) is 4. The van der Waals surface area contributed by atoms with E-state index in [1.165, 1.54) is 0 Å². The van der Waals surface area contributed by atoms with Crippen molar-refractivity contribution >= 4 is 11.6 Å². The number of benzene rings is 1. The van der Waals surface area contributed by atoms with Gasteiger partial charge in [-0.15, -0.1) is 0 Å². The van der Waals surface area contributed by atoms with Crippen LogP contribution in [-0.4, -0.2) is 39.3 Å². The fourth-order valence-corrected chi connectivity index (χ4v) is 1.35. The van der Waals surface area contributed by atoms with E-state index >= 15 is 0 Å². The van der Waals surface area contributed by atoms with E-state index in [4.69, 9.17) is 10.3 Å². The van der Waals surface area contributed by atoms with Crippen molar-refractivity contribution in [2.24, 2.45) is 5.11 Å². The summed E-state index contributed by atoms with van der Waals surface area (Å²) < 4.78 is 5.28. The van der Waals surface area contributed by atoms with E-state index < -0.39 is 0 Å². The first-order valence-corrected chi connectivity index (χ1v) is 5.93. The highest BCUT2D eigenvalue weighted by atomic mass is 16.5. The standard InChI is InChI=1S/C12H17N5O2/c1-14-6-8-19-9-7-15-12(18)10-2-4-11(5-3-10)16-17-13/h2-5,14H,6-9H2,1H3,(H,15,18). The second-order valence-electron chi connectivity index (χ2n) is 3.71. The van der Waals surface area contributed by atoms with Gasteiger partial charge in [-0.2, -0.15) is 0 Å². The highest BCUT2D eigenvalue weighted by Gasteiger charge is 2.03. The second kappa shape index (κ2) is 8.93. The Kier molecular flexibility index (Phi) is 7.04. The molecule has 0 saturated carbocycles. The molecule has 7 nitrogen and oxygen atoms in total. The molecule has 0 fully saturated rings. The molecule has 1 rings (SSSR count). The molecule has 0 aliphatic carbocycles. The number of likely N-dealkylation sites (N-methyl/N-ethyl adjacent to an activating group) is 1. The Morgan fingerprint density at radius 3 is 2.63 bits per heavy atom. The molecule has 1 aromatic rings. The topological polar surface area (TPSA) is 99.1 Å². The number of nitrogens with zero attached hydrogens (tertiary/aromatic N) is 3. The summed E-state index contributed by atoms with van der Waals surface area (Å²) in [6.45, 7) is 2.34. The van der Waals surface area contributed by atoms with Gasteiger partial charge in [0.25, 0.3) is 5.91 Å². The zero-order chi connectivity index (χ0) is 13.9. The van der Waals surface area contributed by atoms with Gasteiger partial charge >= 0.3 is 0 Å². The molecule has 0 aromatic heterocycles. The number of carbonyl (C=O) groups is 1. The van der Waals surface area contributed by atoms with Gasteiger partial charge in [-0.05, 0) is 24.7 Å². The highest BCUT2D eigenvalue weighted by Crippen LogP contribution is 2.12. The van der Waals surface area contributed by atoms with E-state index in [1.54, 1.807) is 24.3 Å². The highest BCUT2D eigenvalue weighted by molar-refractivity contribution is 5.94. The summed E-state index contributed by atoms with van der Waals surface area (Å²) in [5.74, 6) is -0.176. The van der Waals surface area contributed by atoms with Gasteiger partial charge in [0.15, 0.2) is 0 Å². The molecule has 0 radical (unpaired) electrons. The Hall–Kier alpha value is -2.08. The summed E-state index contributed by atoms with van der Waals surface area (Å²) in [4.78, 5) is 14.4. The fraction of sp³-hybridized carbons (Fsp3) is 0.417. The number of carbonyl (C=O) groups excluding carboxylic acids is 1. The van der Waals surface area contributed by atoms with E-state index in [-0.39, 0.29) is 5.91 Å². The van der Waals surface area contributed by atoms with Gasteiger partial charge in [-0.1, -0.05) is 17.2 Å². The van der Waals surface area contributed by atoms with Gasteiger partial charge < -0.3 is 15.4 Å². The molecule has 0 heterocycles. The Labute approximate surface area is 111 Å². The molecule has 0 aliphatic heterocycles. The third kappa shape index (κ3) is 5.87. The molecule has 0 aliphatic rings. The van der Waals surface area contributed by atoms with Crippen LogP contribution in [0.25, 0.3) is 10.4 Å². The summed E-state index contributed by atoms with van der Waals surface area (Å²) in [7, 11) is 1.85. The summed E-state index contributed by atoms with van der Waals surface area (Å²) in [5, 5.41) is 9.14. The van der Waals surface area contributed by atoms with Crippen LogP contribution in [0.2, 0.25) is 0 Å². The molecular weight excluding hydrogens is 246 g/mol. The summed E-state index contributed by atoms with van der Waals surface area (Å²) in [5.41, 5.74) is 9.27. The van der Waals surface area contributed by atoms with E-state index in [2.05, 4.69) is 20.7 Å². The van der Waals surface area contributed by atoms with Gasteiger partial charge in [0.1, 0.15) is 0 Å². The van der Waals surface area contributed by atoms with Crippen molar-refractivity contribution in [3.63, 3.8) is 0 Å². The van der Waals surface area contributed by atoms with Gasteiger partial charge in [0, 0.05) is 29.3 Å². The van der Waals surface area contributed by atoms with Crippen LogP contribution in [0.5, 0.6) is 0 Å². The molecule has 0 saturated heterocycles. The van der Waals surface area contributed by atoms with Crippen molar-refractivity contribution in [3.8, 4) is 0 Å². The van der Waals surface area contributed by atoms with Gasteiger partial charge in [-0.25, -0.2) is 0 Å². The molecule has 7 heteroatoms. The van der Waals surface area contributed by atoms with Crippen molar-refractivity contribution in [1.82, 2.24) is 10.6 Å². The average molecular weight is 263 g/mol. The van der Waals surface area contributed by atoms with Crippen molar-refractivity contribution in [2.45, 2.75) is 0 Å². The Balaban J connectivity index is 2.31. The van der Waals surface area contributed by atoms with Crippen LogP contribution in [0, 0.1) is 0 Å². The van der Waals surface area contributed by atoms with Crippen molar-refractivity contribution < 1.29 is 9.53 Å². The zero-order valence-electron chi connectivity index (χ0n) is 10.8. The molecule has 2 N–H and O–H groups in total. The minimum absolute atomic E-state index is 0.176. The lowest BCUT2D eigenvalue weighted by Crippen LogP contribution is -2.28. The predicted molar refractivity (Wildman–Crippen MR) is 72.3 cm³/mol. The predicted octanol–water partition coefficient (Wildman–Crippen LogP) is 1.59. The molecule has 0 atom stereocenters. The van der Waals surface area contributed by atoms with Gasteiger partial charge in [-0.3, -0.25) is 4.79 Å². The van der Waals surface area contributed by atoms with Crippen molar-refractivity contribution in [2.75, 3.05) is 33.4 Å². The van der Waals surface area contributed by atoms with Crippen LogP contribution >= 0.6 is 0 Å². The van der Waals surface area contributed by atoms with Crippen molar-refractivity contribution in [3.05, 3.63) is 40.3 Å². The summed E-state index contributed by atoms with van der Waals surface area (Å²) in [6, 6.07) is 6.42. The Morgan fingerprint density at radius 1 is 1.32 bits per heavy atom.